The second kappa shape index (κ2) is 9.30. The predicted octanol–water partition coefficient (Wildman–Crippen LogP) is 3.85. The summed E-state index contributed by atoms with van der Waals surface area (Å²) in [4.78, 5) is 10.5. The van der Waals surface area contributed by atoms with Crippen molar-refractivity contribution in [1.82, 2.24) is 19.2 Å². The maximum absolute atomic E-state index is 13.4. The molecule has 0 bridgehead atoms. The van der Waals surface area contributed by atoms with E-state index in [1.165, 1.54) is 32.1 Å². The maximum atomic E-state index is 13.4. The average molecular weight is 447 g/mol. The fourth-order valence-electron chi connectivity index (χ4n) is 4.77. The largest absolute Gasteiger partial charge is 0.496 e. The molecule has 2 fully saturated rings. The quantitative estimate of drug-likeness (QED) is 0.755. The molecule has 1 unspecified atom stereocenters. The molecule has 170 valence electrons. The summed E-state index contributed by atoms with van der Waals surface area (Å²) >= 11 is 0. The number of likely N-dealkylation sites (N-methyl/N-ethyl adjacent to an activating group) is 1. The molecule has 1 aromatic carbocycles. The molecule has 1 saturated heterocycles. The van der Waals surface area contributed by atoms with E-state index in [0.717, 1.165) is 36.6 Å². The molecule has 1 atom stereocenters. The number of ether oxygens (including phenoxy) is 1. The van der Waals surface area contributed by atoms with Crippen LogP contribution >= 0.6 is 0 Å². The standard InChI is InChI=1S/C23H34N4O3S/c1-17-11-12-26(2)13-14-27(17)31(28,29)19-9-10-20(22(15-19)30-3)23-24-16-21(25-23)18-7-5-4-6-8-18/h9-10,15-18H,4-8,11-14H2,1-3H3,(H,24,25). The van der Waals surface area contributed by atoms with Gasteiger partial charge < -0.3 is 14.6 Å². The molecule has 0 spiro atoms. The van der Waals surface area contributed by atoms with Gasteiger partial charge in [0.25, 0.3) is 0 Å². The number of hydrogen-bond acceptors (Lipinski definition) is 5. The van der Waals surface area contributed by atoms with Crippen LogP contribution in [0.1, 0.15) is 57.1 Å². The third kappa shape index (κ3) is 4.66. The molecular weight excluding hydrogens is 412 g/mol. The number of hydrogen-bond donors (Lipinski definition) is 1. The summed E-state index contributed by atoms with van der Waals surface area (Å²) in [6, 6.07) is 5.08. The lowest BCUT2D eigenvalue weighted by molar-refractivity contribution is 0.338. The van der Waals surface area contributed by atoms with Gasteiger partial charge in [-0.05, 0) is 51.9 Å². The number of sulfonamides is 1. The number of methoxy groups -OCH3 is 1. The van der Waals surface area contributed by atoms with Crippen LogP contribution in [-0.4, -0.2) is 67.4 Å². The van der Waals surface area contributed by atoms with Gasteiger partial charge in [0.15, 0.2) is 0 Å². The molecule has 1 N–H and O–H groups in total. The zero-order chi connectivity index (χ0) is 22.0. The number of rotatable bonds is 5. The first kappa shape index (κ1) is 22.3. The minimum atomic E-state index is -3.61. The summed E-state index contributed by atoms with van der Waals surface area (Å²) in [5, 5.41) is 0. The Hall–Kier alpha value is -1.90. The van der Waals surface area contributed by atoms with Crippen LogP contribution in [0.5, 0.6) is 5.75 Å². The van der Waals surface area contributed by atoms with Crippen molar-refractivity contribution in [3.63, 3.8) is 0 Å². The number of imidazole rings is 1. The normalized spacial score (nSPS) is 22.4. The number of aromatic nitrogens is 2. The lowest BCUT2D eigenvalue weighted by Gasteiger charge is -2.26. The van der Waals surface area contributed by atoms with Crippen molar-refractivity contribution in [2.24, 2.45) is 0 Å². The molecule has 1 saturated carbocycles. The fourth-order valence-corrected chi connectivity index (χ4v) is 6.43. The maximum Gasteiger partial charge on any atom is 0.243 e. The van der Waals surface area contributed by atoms with E-state index in [9.17, 15) is 8.42 Å². The Balaban J connectivity index is 1.61. The zero-order valence-corrected chi connectivity index (χ0v) is 19.6. The molecule has 8 heteroatoms. The van der Waals surface area contributed by atoms with Crippen LogP contribution in [0.15, 0.2) is 29.3 Å². The lowest BCUT2D eigenvalue weighted by Crippen LogP contribution is -2.39. The minimum Gasteiger partial charge on any atom is -0.496 e. The number of aromatic amines is 1. The Morgan fingerprint density at radius 1 is 1.10 bits per heavy atom. The SMILES string of the molecule is COc1cc(S(=O)(=O)N2CCN(C)CCC2C)ccc1-c1ncc(C2CCCCC2)[nH]1. The Labute approximate surface area is 185 Å². The first-order valence-electron chi connectivity index (χ1n) is 11.3. The Morgan fingerprint density at radius 2 is 1.87 bits per heavy atom. The Morgan fingerprint density at radius 3 is 2.61 bits per heavy atom. The van der Waals surface area contributed by atoms with E-state index in [2.05, 4.69) is 14.9 Å². The smallest absolute Gasteiger partial charge is 0.243 e. The molecule has 2 aromatic rings. The molecule has 2 heterocycles. The van der Waals surface area contributed by atoms with Crippen molar-refractivity contribution in [3.8, 4) is 17.1 Å². The summed E-state index contributed by atoms with van der Waals surface area (Å²) in [5.74, 6) is 1.78. The first-order chi connectivity index (χ1) is 14.9. The molecule has 0 radical (unpaired) electrons. The molecule has 1 aromatic heterocycles. The van der Waals surface area contributed by atoms with Crippen molar-refractivity contribution >= 4 is 10.0 Å². The molecule has 2 aliphatic rings. The Kier molecular flexibility index (Phi) is 6.69. The summed E-state index contributed by atoms with van der Waals surface area (Å²) < 4.78 is 34.0. The highest BCUT2D eigenvalue weighted by Gasteiger charge is 2.32. The molecule has 7 nitrogen and oxygen atoms in total. The highest BCUT2D eigenvalue weighted by atomic mass is 32.2. The van der Waals surface area contributed by atoms with Gasteiger partial charge in [-0.1, -0.05) is 19.3 Å². The molecule has 31 heavy (non-hydrogen) atoms. The number of H-pyrrole nitrogens is 1. The monoisotopic (exact) mass is 446 g/mol. The van der Waals surface area contributed by atoms with E-state index in [0.29, 0.717) is 18.2 Å². The Bertz CT molecular complexity index is 998. The van der Waals surface area contributed by atoms with Crippen molar-refractivity contribution < 1.29 is 13.2 Å². The predicted molar refractivity (Wildman–Crippen MR) is 122 cm³/mol. The van der Waals surface area contributed by atoms with Crippen LogP contribution in [0.3, 0.4) is 0 Å². The van der Waals surface area contributed by atoms with Crippen molar-refractivity contribution in [2.45, 2.75) is 62.3 Å². The summed E-state index contributed by atoms with van der Waals surface area (Å²) in [6.07, 6.45) is 8.97. The van der Waals surface area contributed by atoms with E-state index < -0.39 is 10.0 Å². The van der Waals surface area contributed by atoms with Crippen LogP contribution < -0.4 is 4.74 Å². The summed E-state index contributed by atoms with van der Waals surface area (Å²) in [6.45, 7) is 4.11. The van der Waals surface area contributed by atoms with E-state index in [4.69, 9.17) is 4.74 Å². The van der Waals surface area contributed by atoms with Gasteiger partial charge in [-0.3, -0.25) is 0 Å². The summed E-state index contributed by atoms with van der Waals surface area (Å²) in [5.41, 5.74) is 1.95. The first-order valence-corrected chi connectivity index (χ1v) is 12.8. The highest BCUT2D eigenvalue weighted by molar-refractivity contribution is 7.89. The highest BCUT2D eigenvalue weighted by Crippen LogP contribution is 2.35. The van der Waals surface area contributed by atoms with Gasteiger partial charge >= 0.3 is 0 Å². The number of nitrogens with one attached hydrogen (secondary N) is 1. The van der Waals surface area contributed by atoms with Gasteiger partial charge in [0.2, 0.25) is 10.0 Å². The van der Waals surface area contributed by atoms with Gasteiger partial charge in [0.05, 0.1) is 17.6 Å². The van der Waals surface area contributed by atoms with E-state index in [1.807, 2.05) is 26.2 Å². The van der Waals surface area contributed by atoms with Gasteiger partial charge in [0.1, 0.15) is 11.6 Å². The van der Waals surface area contributed by atoms with Crippen LogP contribution in [-0.2, 0) is 10.0 Å². The third-order valence-electron chi connectivity index (χ3n) is 6.80. The average Bonchev–Trinajstić information content (AvgIpc) is 3.21. The molecule has 1 aliphatic carbocycles. The fraction of sp³-hybridized carbons (Fsp3) is 0.609. The van der Waals surface area contributed by atoms with Crippen LogP contribution in [0, 0.1) is 0 Å². The van der Waals surface area contributed by atoms with Crippen molar-refractivity contribution in [1.29, 1.82) is 0 Å². The molecule has 1 aliphatic heterocycles. The molecule has 0 amide bonds. The lowest BCUT2D eigenvalue weighted by atomic mass is 9.87. The van der Waals surface area contributed by atoms with Crippen molar-refractivity contribution in [2.75, 3.05) is 33.8 Å². The zero-order valence-electron chi connectivity index (χ0n) is 18.8. The van der Waals surface area contributed by atoms with Gasteiger partial charge in [0, 0.05) is 43.0 Å². The van der Waals surface area contributed by atoms with E-state index in [-0.39, 0.29) is 10.9 Å². The van der Waals surface area contributed by atoms with Crippen molar-refractivity contribution in [3.05, 3.63) is 30.1 Å². The van der Waals surface area contributed by atoms with Gasteiger partial charge in [-0.2, -0.15) is 4.31 Å². The molecular formula is C23H34N4O3S. The van der Waals surface area contributed by atoms with Gasteiger partial charge in [-0.15, -0.1) is 0 Å². The second-order valence-corrected chi connectivity index (χ2v) is 10.8. The van der Waals surface area contributed by atoms with E-state index >= 15 is 0 Å². The third-order valence-corrected chi connectivity index (χ3v) is 8.81. The van der Waals surface area contributed by atoms with E-state index in [1.54, 1.807) is 23.5 Å². The van der Waals surface area contributed by atoms with Gasteiger partial charge in [-0.25, -0.2) is 13.4 Å². The second-order valence-electron chi connectivity index (χ2n) is 8.94. The number of nitrogens with zero attached hydrogens (tertiary/aromatic N) is 3. The van der Waals surface area contributed by atoms with Crippen LogP contribution in [0.4, 0.5) is 0 Å². The van der Waals surface area contributed by atoms with Crippen LogP contribution in [0.25, 0.3) is 11.4 Å². The topological polar surface area (TPSA) is 78.5 Å². The van der Waals surface area contributed by atoms with Crippen LogP contribution in [0.2, 0.25) is 0 Å². The molecule has 4 rings (SSSR count). The summed E-state index contributed by atoms with van der Waals surface area (Å²) in [7, 11) is 0.00109. The minimum absolute atomic E-state index is 0.0382. The number of benzene rings is 1.